The first kappa shape index (κ1) is 22.5. The fourth-order valence-corrected chi connectivity index (χ4v) is 3.78. The van der Waals surface area contributed by atoms with Crippen LogP contribution in [0.3, 0.4) is 0 Å². The fourth-order valence-electron chi connectivity index (χ4n) is 3.23. The molecule has 4 aromatic rings. The lowest BCUT2D eigenvalue weighted by molar-refractivity contribution is -0.147. The zero-order valence-corrected chi connectivity index (χ0v) is 18.1. The number of anilines is 1. The number of hydrogen-bond donors (Lipinski definition) is 1. The van der Waals surface area contributed by atoms with E-state index < -0.39 is 30.5 Å². The van der Waals surface area contributed by atoms with Crippen LogP contribution in [0, 0.1) is 13.8 Å². The highest BCUT2D eigenvalue weighted by atomic mass is 32.1. The van der Waals surface area contributed by atoms with Crippen molar-refractivity contribution < 1.29 is 27.5 Å². The molecule has 172 valence electrons. The Morgan fingerprint density at radius 1 is 1.18 bits per heavy atom. The lowest BCUT2D eigenvalue weighted by Gasteiger charge is -2.10. The zero-order chi connectivity index (χ0) is 23.8. The number of aryl methyl sites for hydroxylation is 2. The molecule has 0 saturated carbocycles. The van der Waals surface area contributed by atoms with Gasteiger partial charge in [-0.3, -0.25) is 9.59 Å². The molecule has 1 aromatic carbocycles. The Kier molecular flexibility index (Phi) is 5.93. The van der Waals surface area contributed by atoms with Crippen LogP contribution in [-0.4, -0.2) is 46.8 Å². The monoisotopic (exact) mass is 479 g/mol. The maximum atomic E-state index is 12.9. The van der Waals surface area contributed by atoms with Gasteiger partial charge in [0.1, 0.15) is 11.0 Å². The average molecular weight is 479 g/mol. The van der Waals surface area contributed by atoms with Gasteiger partial charge in [0.2, 0.25) is 0 Å². The molecule has 0 bridgehead atoms. The minimum Gasteiger partial charge on any atom is -0.456 e. The predicted octanol–water partition coefficient (Wildman–Crippen LogP) is 2.88. The molecule has 1 amide bonds. The van der Waals surface area contributed by atoms with Crippen molar-refractivity contribution in [1.29, 1.82) is 0 Å². The van der Waals surface area contributed by atoms with Gasteiger partial charge in [-0.2, -0.15) is 26.9 Å². The summed E-state index contributed by atoms with van der Waals surface area (Å²) in [5.41, 5.74) is 3.00. The molecule has 3 heterocycles. The molecule has 3 aromatic heterocycles. The number of nitrogens with zero attached hydrogens (tertiary/aromatic N) is 6. The molecule has 0 spiro atoms. The molecule has 0 fully saturated rings. The van der Waals surface area contributed by atoms with Crippen molar-refractivity contribution >= 4 is 46.1 Å². The Morgan fingerprint density at radius 3 is 2.73 bits per heavy atom. The number of hydrogen-bond acceptors (Lipinski definition) is 9. The minimum atomic E-state index is -4.69. The molecule has 0 saturated heterocycles. The summed E-state index contributed by atoms with van der Waals surface area (Å²) in [6.07, 6.45) is -4.65. The maximum absolute atomic E-state index is 12.9. The SMILES string of the molecule is Cc1nc2nc(C(F)(F)F)nn2c(C)c1CCC(=O)OCC(=O)Nc1cccc2nsnc12. The number of fused-ring (bicyclic) bond motifs is 2. The van der Waals surface area contributed by atoms with Gasteiger partial charge in [-0.25, -0.2) is 9.50 Å². The second-order valence-electron chi connectivity index (χ2n) is 7.05. The number of nitrogens with one attached hydrogen (secondary N) is 1. The van der Waals surface area contributed by atoms with Gasteiger partial charge >= 0.3 is 12.1 Å². The largest absolute Gasteiger partial charge is 0.456 e. The van der Waals surface area contributed by atoms with E-state index in [0.717, 1.165) is 16.2 Å². The molecule has 0 radical (unpaired) electrons. The summed E-state index contributed by atoms with van der Waals surface area (Å²) in [4.78, 5) is 31.7. The Labute approximate surface area is 188 Å². The number of benzene rings is 1. The van der Waals surface area contributed by atoms with Crippen molar-refractivity contribution in [2.24, 2.45) is 0 Å². The first-order valence-corrected chi connectivity index (χ1v) is 10.3. The summed E-state index contributed by atoms with van der Waals surface area (Å²) < 4.78 is 52.9. The second kappa shape index (κ2) is 8.69. The van der Waals surface area contributed by atoms with Gasteiger partial charge < -0.3 is 10.1 Å². The minimum absolute atomic E-state index is 0.103. The van der Waals surface area contributed by atoms with Crippen LogP contribution in [0.15, 0.2) is 18.2 Å². The van der Waals surface area contributed by atoms with Gasteiger partial charge in [0.05, 0.1) is 17.4 Å². The normalized spacial score (nSPS) is 11.8. The van der Waals surface area contributed by atoms with Crippen LogP contribution in [0.1, 0.15) is 29.2 Å². The topological polar surface area (TPSA) is 124 Å². The van der Waals surface area contributed by atoms with Gasteiger partial charge in [0.15, 0.2) is 6.61 Å². The van der Waals surface area contributed by atoms with Gasteiger partial charge in [-0.1, -0.05) is 6.07 Å². The van der Waals surface area contributed by atoms with Crippen LogP contribution >= 0.6 is 11.7 Å². The molecule has 14 heteroatoms. The van der Waals surface area contributed by atoms with Gasteiger partial charge in [-0.15, -0.1) is 5.10 Å². The van der Waals surface area contributed by atoms with E-state index in [-0.39, 0.29) is 18.6 Å². The molecular formula is C19H16F3N7O3S. The third-order valence-corrected chi connectivity index (χ3v) is 5.35. The van der Waals surface area contributed by atoms with Crippen molar-refractivity contribution in [2.45, 2.75) is 32.9 Å². The van der Waals surface area contributed by atoms with Crippen LogP contribution in [0.25, 0.3) is 16.8 Å². The quantitative estimate of drug-likeness (QED) is 0.419. The van der Waals surface area contributed by atoms with Crippen molar-refractivity contribution in [2.75, 3.05) is 11.9 Å². The molecule has 0 atom stereocenters. The lowest BCUT2D eigenvalue weighted by Crippen LogP contribution is -2.21. The van der Waals surface area contributed by atoms with Crippen LogP contribution in [0.5, 0.6) is 0 Å². The summed E-state index contributed by atoms with van der Waals surface area (Å²) in [7, 11) is 0. The summed E-state index contributed by atoms with van der Waals surface area (Å²) in [6.45, 7) is 2.68. The highest BCUT2D eigenvalue weighted by Gasteiger charge is 2.37. The van der Waals surface area contributed by atoms with E-state index in [1.165, 1.54) is 0 Å². The number of rotatable bonds is 6. The maximum Gasteiger partial charge on any atom is 0.453 e. The number of carbonyl (C=O) groups is 2. The van der Waals surface area contributed by atoms with Crippen LogP contribution in [0.2, 0.25) is 0 Å². The van der Waals surface area contributed by atoms with Crippen molar-refractivity contribution in [1.82, 2.24) is 28.3 Å². The number of amides is 1. The molecule has 1 N–H and O–H groups in total. The summed E-state index contributed by atoms with van der Waals surface area (Å²) in [6, 6.07) is 5.13. The first-order valence-electron chi connectivity index (χ1n) is 9.60. The fraction of sp³-hybridized carbons (Fsp3) is 0.316. The molecule has 0 aliphatic rings. The van der Waals surface area contributed by atoms with Crippen molar-refractivity contribution in [3.05, 3.63) is 41.0 Å². The molecular weight excluding hydrogens is 463 g/mol. The van der Waals surface area contributed by atoms with Gasteiger partial charge in [-0.05, 0) is 38.0 Å². The molecule has 0 unspecified atom stereocenters. The van der Waals surface area contributed by atoms with E-state index in [1.54, 1.807) is 32.0 Å². The summed E-state index contributed by atoms with van der Waals surface area (Å²) in [5, 5.41) is 6.09. The first-order chi connectivity index (χ1) is 15.6. The smallest absolute Gasteiger partial charge is 0.453 e. The Bertz CT molecular complexity index is 1370. The van der Waals surface area contributed by atoms with E-state index in [4.69, 9.17) is 4.74 Å². The van der Waals surface area contributed by atoms with E-state index in [1.807, 2.05) is 0 Å². The number of halogens is 3. The average Bonchev–Trinajstić information content (AvgIpc) is 3.39. The Balaban J connectivity index is 1.36. The van der Waals surface area contributed by atoms with E-state index in [2.05, 4.69) is 29.1 Å². The molecule has 33 heavy (non-hydrogen) atoms. The highest BCUT2D eigenvalue weighted by Crippen LogP contribution is 2.27. The van der Waals surface area contributed by atoms with Crippen LogP contribution < -0.4 is 5.32 Å². The Hall–Kier alpha value is -3.68. The molecule has 0 aliphatic carbocycles. The summed E-state index contributed by atoms with van der Waals surface area (Å²) >= 11 is 1.01. The number of esters is 1. The number of aromatic nitrogens is 6. The third-order valence-electron chi connectivity index (χ3n) is 4.81. The van der Waals surface area contributed by atoms with Crippen molar-refractivity contribution in [3.63, 3.8) is 0 Å². The Morgan fingerprint density at radius 2 is 1.97 bits per heavy atom. The number of ether oxygens (including phenoxy) is 1. The van der Waals surface area contributed by atoms with Gasteiger partial charge in [0.25, 0.3) is 17.5 Å². The summed E-state index contributed by atoms with van der Waals surface area (Å²) in [5.74, 6) is -2.65. The molecule has 10 nitrogen and oxygen atoms in total. The number of alkyl halides is 3. The second-order valence-corrected chi connectivity index (χ2v) is 7.58. The molecule has 4 rings (SSSR count). The van der Waals surface area contributed by atoms with Gasteiger partial charge in [0, 0.05) is 17.8 Å². The highest BCUT2D eigenvalue weighted by molar-refractivity contribution is 7.00. The lowest BCUT2D eigenvalue weighted by atomic mass is 10.1. The van der Waals surface area contributed by atoms with Crippen molar-refractivity contribution in [3.8, 4) is 0 Å². The third kappa shape index (κ3) is 4.74. The van der Waals surface area contributed by atoms with E-state index in [0.29, 0.717) is 33.7 Å². The predicted molar refractivity (Wildman–Crippen MR) is 111 cm³/mol. The zero-order valence-electron chi connectivity index (χ0n) is 17.3. The van der Waals surface area contributed by atoms with E-state index in [9.17, 15) is 22.8 Å². The van der Waals surface area contributed by atoms with Crippen LogP contribution in [-0.2, 0) is 26.9 Å². The standard InChI is InChI=1S/C19H16F3N7O3S/c1-9-11(10(2)29-18(23-9)25-17(26-29)19(20,21)22)6-7-15(31)32-8-14(30)24-12-4-3-5-13-16(12)28-33-27-13/h3-5H,6-8H2,1-2H3,(H,24,30). The number of carbonyl (C=O) groups excluding carboxylic acids is 2. The van der Waals surface area contributed by atoms with E-state index >= 15 is 0 Å². The van der Waals surface area contributed by atoms with Crippen LogP contribution in [0.4, 0.5) is 18.9 Å². The molecule has 0 aliphatic heterocycles.